The lowest BCUT2D eigenvalue weighted by Gasteiger charge is -2.39. The average Bonchev–Trinajstić information content (AvgIpc) is 3.08. The summed E-state index contributed by atoms with van der Waals surface area (Å²) in [6.45, 7) is 4.99. The third-order valence-electron chi connectivity index (χ3n) is 5.58. The summed E-state index contributed by atoms with van der Waals surface area (Å²) in [5.41, 5.74) is 2.20. The minimum absolute atomic E-state index is 0.0500. The van der Waals surface area contributed by atoms with E-state index in [2.05, 4.69) is 9.88 Å². The predicted molar refractivity (Wildman–Crippen MR) is 88.3 cm³/mol. The molecular weight excluding hydrogens is 310 g/mol. The molecule has 1 unspecified atom stereocenters. The lowest BCUT2D eigenvalue weighted by molar-refractivity contribution is -0.145. The van der Waals surface area contributed by atoms with Crippen LogP contribution in [0.4, 0.5) is 0 Å². The van der Waals surface area contributed by atoms with Crippen LogP contribution in [0, 0.1) is 18.3 Å². The molecular formula is C17H23N3O2S. The third kappa shape index (κ3) is 2.67. The highest BCUT2D eigenvalue weighted by Gasteiger charge is 2.50. The van der Waals surface area contributed by atoms with E-state index >= 15 is 0 Å². The molecule has 1 spiro atoms. The minimum atomic E-state index is -0.318. The fourth-order valence-electron chi connectivity index (χ4n) is 4.01. The van der Waals surface area contributed by atoms with E-state index in [0.717, 1.165) is 48.8 Å². The van der Waals surface area contributed by atoms with Crippen LogP contribution in [0.15, 0.2) is 5.51 Å². The number of thiazole rings is 1. The smallest absolute Gasteiger partial charge is 0.265 e. The second-order valence-electron chi connectivity index (χ2n) is 7.32. The second kappa shape index (κ2) is 5.58. The quantitative estimate of drug-likeness (QED) is 0.853. The molecule has 2 amide bonds. The van der Waals surface area contributed by atoms with Crippen LogP contribution in [-0.4, -0.2) is 52.8 Å². The van der Waals surface area contributed by atoms with Gasteiger partial charge in [-0.2, -0.15) is 0 Å². The molecule has 1 aromatic heterocycles. The van der Waals surface area contributed by atoms with Crippen LogP contribution in [0.25, 0.3) is 0 Å². The van der Waals surface area contributed by atoms with E-state index in [9.17, 15) is 9.59 Å². The van der Waals surface area contributed by atoms with Crippen molar-refractivity contribution in [2.45, 2.75) is 39.0 Å². The Morgan fingerprint density at radius 1 is 1.39 bits per heavy atom. The molecule has 3 aliphatic rings. The zero-order valence-electron chi connectivity index (χ0n) is 13.6. The summed E-state index contributed by atoms with van der Waals surface area (Å²) >= 11 is 1.40. The zero-order chi connectivity index (χ0) is 16.0. The molecule has 1 saturated carbocycles. The summed E-state index contributed by atoms with van der Waals surface area (Å²) in [5, 5.41) is 0. The second-order valence-corrected chi connectivity index (χ2v) is 8.18. The van der Waals surface area contributed by atoms with E-state index in [4.69, 9.17) is 0 Å². The van der Waals surface area contributed by atoms with Crippen LogP contribution in [0.1, 0.15) is 47.5 Å². The molecule has 124 valence electrons. The number of nitrogens with zero attached hydrogens (tertiary/aromatic N) is 3. The number of amides is 2. The van der Waals surface area contributed by atoms with Gasteiger partial charge in [-0.1, -0.05) is 0 Å². The maximum atomic E-state index is 13.0. The Bertz CT molecular complexity index is 640. The van der Waals surface area contributed by atoms with Crippen molar-refractivity contribution in [1.29, 1.82) is 0 Å². The van der Waals surface area contributed by atoms with Crippen LogP contribution in [0.5, 0.6) is 0 Å². The molecule has 4 rings (SSSR count). The highest BCUT2D eigenvalue weighted by Crippen LogP contribution is 2.42. The van der Waals surface area contributed by atoms with Gasteiger partial charge in [-0.3, -0.25) is 9.59 Å². The van der Waals surface area contributed by atoms with Gasteiger partial charge in [0, 0.05) is 26.2 Å². The Labute approximate surface area is 140 Å². The number of carbonyl (C=O) groups is 2. The first-order valence-corrected chi connectivity index (χ1v) is 9.46. The normalized spacial score (nSPS) is 28.0. The number of rotatable bonds is 3. The monoisotopic (exact) mass is 333 g/mol. The molecule has 0 N–H and O–H groups in total. The van der Waals surface area contributed by atoms with E-state index in [1.54, 1.807) is 5.51 Å². The van der Waals surface area contributed by atoms with E-state index < -0.39 is 0 Å². The van der Waals surface area contributed by atoms with E-state index in [1.165, 1.54) is 24.2 Å². The molecule has 2 aliphatic heterocycles. The first-order valence-electron chi connectivity index (χ1n) is 8.58. The SMILES string of the molecule is Cc1ncsc1C(=O)N1CCC2(CCCN(CC3CC3)C2=O)C1. The molecule has 3 heterocycles. The highest BCUT2D eigenvalue weighted by molar-refractivity contribution is 7.11. The number of aromatic nitrogens is 1. The molecule has 0 radical (unpaired) electrons. The number of likely N-dealkylation sites (tertiary alicyclic amines) is 2. The van der Waals surface area contributed by atoms with Crippen molar-refractivity contribution >= 4 is 23.2 Å². The average molecular weight is 333 g/mol. The maximum Gasteiger partial charge on any atom is 0.265 e. The van der Waals surface area contributed by atoms with Gasteiger partial charge in [0.05, 0.1) is 16.6 Å². The fraction of sp³-hybridized carbons (Fsp3) is 0.706. The number of hydrogen-bond donors (Lipinski definition) is 0. The fourth-order valence-corrected chi connectivity index (χ4v) is 4.78. The van der Waals surface area contributed by atoms with Crippen LogP contribution in [0.3, 0.4) is 0 Å². The Hall–Kier alpha value is -1.43. The summed E-state index contributed by atoms with van der Waals surface area (Å²) in [6.07, 6.45) is 5.35. The molecule has 1 aliphatic carbocycles. The van der Waals surface area contributed by atoms with Crippen molar-refractivity contribution in [2.75, 3.05) is 26.2 Å². The van der Waals surface area contributed by atoms with Crippen LogP contribution in [0.2, 0.25) is 0 Å². The summed E-state index contributed by atoms with van der Waals surface area (Å²) < 4.78 is 0. The van der Waals surface area contributed by atoms with Crippen molar-refractivity contribution in [2.24, 2.45) is 11.3 Å². The molecule has 1 atom stereocenters. The lowest BCUT2D eigenvalue weighted by Crippen LogP contribution is -2.50. The van der Waals surface area contributed by atoms with E-state index in [1.807, 2.05) is 11.8 Å². The van der Waals surface area contributed by atoms with Crippen LogP contribution in [-0.2, 0) is 4.79 Å². The molecule has 3 fully saturated rings. The summed E-state index contributed by atoms with van der Waals surface area (Å²) in [6, 6.07) is 0. The van der Waals surface area contributed by atoms with Crippen molar-refractivity contribution in [1.82, 2.24) is 14.8 Å². The van der Waals surface area contributed by atoms with Crippen molar-refractivity contribution in [3.63, 3.8) is 0 Å². The van der Waals surface area contributed by atoms with Gasteiger partial charge >= 0.3 is 0 Å². The number of piperidine rings is 1. The molecule has 2 saturated heterocycles. The Kier molecular flexibility index (Phi) is 3.67. The van der Waals surface area contributed by atoms with Crippen molar-refractivity contribution in [3.8, 4) is 0 Å². The lowest BCUT2D eigenvalue weighted by atomic mass is 9.78. The van der Waals surface area contributed by atoms with Gasteiger partial charge in [-0.05, 0) is 44.9 Å². The van der Waals surface area contributed by atoms with E-state index in [-0.39, 0.29) is 11.3 Å². The van der Waals surface area contributed by atoms with Gasteiger partial charge in [0.1, 0.15) is 4.88 Å². The standard InChI is InChI=1S/C17H23N3O2S/c1-12-14(23-11-18-12)15(21)20-8-6-17(10-20)5-2-7-19(16(17)22)9-13-3-4-13/h11,13H,2-10H2,1H3. The summed E-state index contributed by atoms with van der Waals surface area (Å²) in [7, 11) is 0. The number of aryl methyl sites for hydroxylation is 1. The van der Waals surface area contributed by atoms with Gasteiger partial charge in [0.15, 0.2) is 0 Å². The Morgan fingerprint density at radius 3 is 2.91 bits per heavy atom. The van der Waals surface area contributed by atoms with Crippen LogP contribution >= 0.6 is 11.3 Å². The first-order chi connectivity index (χ1) is 11.1. The zero-order valence-corrected chi connectivity index (χ0v) is 14.4. The maximum absolute atomic E-state index is 13.0. The summed E-state index contributed by atoms with van der Waals surface area (Å²) in [5.74, 6) is 1.08. The number of hydrogen-bond acceptors (Lipinski definition) is 4. The number of carbonyl (C=O) groups excluding carboxylic acids is 2. The topological polar surface area (TPSA) is 53.5 Å². The molecule has 0 bridgehead atoms. The molecule has 1 aromatic rings. The molecule has 6 heteroatoms. The van der Waals surface area contributed by atoms with Gasteiger partial charge in [0.2, 0.25) is 5.91 Å². The van der Waals surface area contributed by atoms with Gasteiger partial charge in [0.25, 0.3) is 5.91 Å². The molecule has 0 aromatic carbocycles. The first kappa shape index (κ1) is 15.1. The van der Waals surface area contributed by atoms with Crippen molar-refractivity contribution < 1.29 is 9.59 Å². The predicted octanol–water partition coefficient (Wildman–Crippen LogP) is 2.32. The minimum Gasteiger partial charge on any atom is -0.342 e. The van der Waals surface area contributed by atoms with Crippen molar-refractivity contribution in [3.05, 3.63) is 16.1 Å². The Balaban J connectivity index is 1.48. The third-order valence-corrected chi connectivity index (χ3v) is 6.50. The summed E-state index contributed by atoms with van der Waals surface area (Å²) in [4.78, 5) is 34.6. The van der Waals surface area contributed by atoms with Gasteiger partial charge in [-0.25, -0.2) is 4.98 Å². The van der Waals surface area contributed by atoms with Crippen LogP contribution < -0.4 is 0 Å². The molecule has 23 heavy (non-hydrogen) atoms. The van der Waals surface area contributed by atoms with E-state index in [0.29, 0.717) is 19.0 Å². The highest BCUT2D eigenvalue weighted by atomic mass is 32.1. The van der Waals surface area contributed by atoms with Gasteiger partial charge in [-0.15, -0.1) is 11.3 Å². The Morgan fingerprint density at radius 2 is 2.22 bits per heavy atom. The largest absolute Gasteiger partial charge is 0.342 e. The molecule has 5 nitrogen and oxygen atoms in total. The van der Waals surface area contributed by atoms with Gasteiger partial charge < -0.3 is 9.80 Å².